The number of amides is 10. The Bertz CT molecular complexity index is 2810. The summed E-state index contributed by atoms with van der Waals surface area (Å²) in [6.45, 7) is 10.7. The molecule has 24 heteroatoms. The number of aliphatic hydroxyl groups excluding tert-OH is 1. The zero-order valence-electron chi connectivity index (χ0n) is 44.3. The van der Waals surface area contributed by atoms with Crippen LogP contribution in [0.1, 0.15) is 78.1 Å². The highest BCUT2D eigenvalue weighted by Gasteiger charge is 2.39. The standard InChI is InChI=1S/C54H67F2N11O11/c1-8-34(18-20-58-7)24-44(70)61-32(2)50(75)62-33(3)51(76)64-41(27-43(57)69)53(78)63-40(52(77)60-22-21-59-45(71)30-67-46(72)16-17-47(67)73)19-23-66(48(74)31-68)49(54(4,5)6)42-25-36(38-26-37(55)14-15-39(38)56)29-65(42)28-35-12-10-9-11-13-35/h8-18,20,25-26,29,32-33,40-41,49,68H,7,19,21-24,27-28,30-31H2,1-6H3,(H2,57,69)(H,59,71)(H,60,77)(H,61,70)(H,62,75)(H,63,78)(H,64,76)/b20-18-,34-8+/t32-,33+,40-,41-,49-/m0/s1. The van der Waals surface area contributed by atoms with Crippen LogP contribution < -0.4 is 37.6 Å². The van der Waals surface area contributed by atoms with Crippen molar-refractivity contribution in [1.29, 1.82) is 0 Å². The summed E-state index contributed by atoms with van der Waals surface area (Å²) in [6, 6.07) is 6.86. The molecule has 78 heavy (non-hydrogen) atoms. The van der Waals surface area contributed by atoms with Crippen molar-refractivity contribution in [2.45, 2.75) is 97.6 Å². The first-order valence-corrected chi connectivity index (χ1v) is 24.8. The Morgan fingerprint density at radius 1 is 0.821 bits per heavy atom. The van der Waals surface area contributed by atoms with Crippen LogP contribution in [0.4, 0.5) is 8.78 Å². The van der Waals surface area contributed by atoms with Gasteiger partial charge in [-0.05, 0) is 80.8 Å². The number of imide groups is 1. The molecule has 4 rings (SSSR count). The highest BCUT2D eigenvalue weighted by Crippen LogP contribution is 2.41. The third-order valence-corrected chi connectivity index (χ3v) is 12.2. The van der Waals surface area contributed by atoms with Crippen LogP contribution in [0.2, 0.25) is 0 Å². The molecule has 1 aliphatic rings. The number of allylic oxidation sites excluding steroid dienone is 2. The molecule has 418 valence electrons. The molecule has 22 nitrogen and oxygen atoms in total. The maximum atomic E-state index is 15.4. The van der Waals surface area contributed by atoms with Gasteiger partial charge in [0.25, 0.3) is 11.8 Å². The second-order valence-electron chi connectivity index (χ2n) is 19.3. The Morgan fingerprint density at radius 3 is 2.06 bits per heavy atom. The number of carbonyl (C=O) groups is 10. The molecule has 0 aliphatic carbocycles. The summed E-state index contributed by atoms with van der Waals surface area (Å²) >= 11 is 0. The summed E-state index contributed by atoms with van der Waals surface area (Å²) in [6.07, 6.45) is 6.92. The number of nitrogens with zero attached hydrogens (tertiary/aromatic N) is 4. The van der Waals surface area contributed by atoms with Gasteiger partial charge < -0.3 is 52.2 Å². The first kappa shape index (κ1) is 61.9. The van der Waals surface area contributed by atoms with Gasteiger partial charge in [-0.2, -0.15) is 0 Å². The van der Waals surface area contributed by atoms with Gasteiger partial charge in [-0.1, -0.05) is 57.2 Å². The van der Waals surface area contributed by atoms with E-state index in [9.17, 15) is 57.4 Å². The van der Waals surface area contributed by atoms with E-state index in [4.69, 9.17) is 5.73 Å². The molecule has 1 aromatic heterocycles. The molecule has 0 bridgehead atoms. The van der Waals surface area contributed by atoms with Crippen LogP contribution in [0, 0.1) is 17.0 Å². The maximum Gasteiger partial charge on any atom is 0.254 e. The Morgan fingerprint density at radius 2 is 1.45 bits per heavy atom. The minimum atomic E-state index is -1.76. The molecule has 0 saturated carbocycles. The molecule has 0 saturated heterocycles. The molecule has 2 aromatic carbocycles. The third kappa shape index (κ3) is 18.3. The van der Waals surface area contributed by atoms with E-state index in [1.165, 1.54) is 24.9 Å². The maximum absolute atomic E-state index is 15.4. The van der Waals surface area contributed by atoms with E-state index in [1.54, 1.807) is 56.7 Å². The predicted molar refractivity (Wildman–Crippen MR) is 283 cm³/mol. The van der Waals surface area contributed by atoms with Gasteiger partial charge in [0.05, 0.1) is 18.9 Å². The smallest absolute Gasteiger partial charge is 0.254 e. The van der Waals surface area contributed by atoms with E-state index >= 15 is 4.39 Å². The topological polar surface area (TPSA) is 313 Å². The number of aromatic nitrogens is 1. The Kier molecular flexibility index (Phi) is 23.0. The van der Waals surface area contributed by atoms with Crippen LogP contribution in [-0.2, 0) is 54.5 Å². The van der Waals surface area contributed by atoms with Gasteiger partial charge >= 0.3 is 0 Å². The van der Waals surface area contributed by atoms with E-state index < -0.39 is 132 Å². The number of benzene rings is 2. The number of hydrogen-bond donors (Lipinski definition) is 8. The van der Waals surface area contributed by atoms with E-state index in [0.717, 1.165) is 35.9 Å². The summed E-state index contributed by atoms with van der Waals surface area (Å²) in [7, 11) is 0. The lowest BCUT2D eigenvalue weighted by molar-refractivity contribution is -0.141. The van der Waals surface area contributed by atoms with E-state index in [0.29, 0.717) is 16.2 Å². The third-order valence-electron chi connectivity index (χ3n) is 12.2. The van der Waals surface area contributed by atoms with Gasteiger partial charge in [0.15, 0.2) is 0 Å². The molecule has 0 spiro atoms. The fourth-order valence-electron chi connectivity index (χ4n) is 8.27. The largest absolute Gasteiger partial charge is 0.387 e. The molecule has 0 radical (unpaired) electrons. The summed E-state index contributed by atoms with van der Waals surface area (Å²) in [5.74, 6) is -9.74. The number of primary amides is 1. The molecule has 0 fully saturated rings. The number of rotatable bonds is 28. The van der Waals surface area contributed by atoms with Gasteiger partial charge in [0.2, 0.25) is 47.3 Å². The molecular formula is C54H67F2N11O11. The fourth-order valence-corrected chi connectivity index (χ4v) is 8.27. The predicted octanol–water partition coefficient (Wildman–Crippen LogP) is 1.34. The van der Waals surface area contributed by atoms with Gasteiger partial charge in [-0.15, -0.1) is 0 Å². The molecule has 0 unspecified atom stereocenters. The first-order chi connectivity index (χ1) is 36.9. The Labute approximate surface area is 450 Å². The van der Waals surface area contributed by atoms with Crippen molar-refractivity contribution in [3.05, 3.63) is 120 Å². The van der Waals surface area contributed by atoms with Crippen LogP contribution in [0.25, 0.3) is 11.1 Å². The monoisotopic (exact) mass is 1080 g/mol. The van der Waals surface area contributed by atoms with Gasteiger partial charge in [-0.25, -0.2) is 8.78 Å². The average molecular weight is 1080 g/mol. The van der Waals surface area contributed by atoms with Crippen molar-refractivity contribution in [3.63, 3.8) is 0 Å². The van der Waals surface area contributed by atoms with Crippen molar-refractivity contribution in [1.82, 2.24) is 46.3 Å². The molecule has 2 heterocycles. The molecule has 3 aromatic rings. The summed E-state index contributed by atoms with van der Waals surface area (Å²) in [5, 5.41) is 25.3. The zero-order valence-corrected chi connectivity index (χ0v) is 44.3. The Hall–Kier alpha value is -8.67. The molecule has 5 atom stereocenters. The van der Waals surface area contributed by atoms with Crippen molar-refractivity contribution in [3.8, 4) is 11.1 Å². The summed E-state index contributed by atoms with van der Waals surface area (Å²) in [5.41, 5.74) is 6.60. The number of halogens is 2. The highest BCUT2D eigenvalue weighted by atomic mass is 19.1. The van der Waals surface area contributed by atoms with E-state index in [-0.39, 0.29) is 43.7 Å². The van der Waals surface area contributed by atoms with E-state index in [2.05, 4.69) is 43.6 Å². The number of nitrogens with one attached hydrogen (secondary N) is 6. The second kappa shape index (κ2) is 29.0. The molecule has 1 aliphatic heterocycles. The minimum absolute atomic E-state index is 0.0699. The van der Waals surface area contributed by atoms with Gasteiger partial charge in [0.1, 0.15) is 49.0 Å². The average Bonchev–Trinajstić information content (AvgIpc) is 3.98. The lowest BCUT2D eigenvalue weighted by Crippen LogP contribution is -2.58. The quantitative estimate of drug-likeness (QED) is 0.0222. The van der Waals surface area contributed by atoms with Crippen LogP contribution in [-0.4, -0.2) is 142 Å². The van der Waals surface area contributed by atoms with Crippen molar-refractivity contribution in [2.75, 3.05) is 32.8 Å². The zero-order chi connectivity index (χ0) is 57.9. The van der Waals surface area contributed by atoms with Gasteiger partial charge in [-0.3, -0.25) is 57.8 Å². The fraction of sp³-hybridized carbons (Fsp3) is 0.389. The lowest BCUT2D eigenvalue weighted by atomic mass is 9.82. The number of aliphatic imine (C=N–C) groups is 1. The number of aliphatic hydroxyl groups is 1. The molecular weight excluding hydrogens is 1020 g/mol. The van der Waals surface area contributed by atoms with Crippen LogP contribution in [0.3, 0.4) is 0 Å². The number of hydrogen-bond acceptors (Lipinski definition) is 12. The minimum Gasteiger partial charge on any atom is -0.387 e. The second-order valence-corrected chi connectivity index (χ2v) is 19.3. The van der Waals surface area contributed by atoms with Crippen LogP contribution in [0.5, 0.6) is 0 Å². The van der Waals surface area contributed by atoms with Crippen molar-refractivity contribution < 1.29 is 61.8 Å². The van der Waals surface area contributed by atoms with Crippen molar-refractivity contribution >= 4 is 65.8 Å². The molecule has 10 amide bonds. The lowest BCUT2D eigenvalue weighted by Gasteiger charge is -2.41. The normalized spacial score (nSPS) is 14.4. The highest BCUT2D eigenvalue weighted by molar-refractivity contribution is 6.14. The first-order valence-electron chi connectivity index (χ1n) is 24.8. The number of carbonyl (C=O) groups excluding carboxylic acids is 10. The van der Waals surface area contributed by atoms with Crippen LogP contribution >= 0.6 is 0 Å². The SMILES string of the molecule is C=N/C=C\C(=C/C)CC(=O)N[C@@H](C)C(=O)N[C@H](C)C(=O)N[C@@H](CC(N)=O)C(=O)N[C@@H](CCN(C(=O)CO)[C@@H](c1cc(-c2cc(F)ccc2F)cn1Cc1ccccc1)C(C)(C)C)C(=O)NCCNC(=O)CN1C(=O)C=CC1=O. The van der Waals surface area contributed by atoms with Crippen LogP contribution in [0.15, 0.2) is 102 Å². The molecule has 9 N–H and O–H groups in total. The van der Waals surface area contributed by atoms with E-state index in [1.807, 2.05) is 30.3 Å². The summed E-state index contributed by atoms with van der Waals surface area (Å²) < 4.78 is 31.8. The Balaban J connectivity index is 1.65. The summed E-state index contributed by atoms with van der Waals surface area (Å²) in [4.78, 5) is 136. The van der Waals surface area contributed by atoms with Gasteiger partial charge in [0, 0.05) is 67.5 Å². The van der Waals surface area contributed by atoms with Crippen molar-refractivity contribution in [2.24, 2.45) is 16.1 Å². The number of nitrogens with two attached hydrogens (primary N) is 1.